The molecule has 21 heavy (non-hydrogen) atoms. The summed E-state index contributed by atoms with van der Waals surface area (Å²) < 4.78 is 26.9. The van der Waals surface area contributed by atoms with E-state index < -0.39 is 23.7 Å². The first-order valence-corrected chi connectivity index (χ1v) is 6.62. The number of hydrogen-bond donors (Lipinski definition) is 3. The number of phenols is 2. The molecular formula is C16H17F2NO2. The van der Waals surface area contributed by atoms with Crippen LogP contribution in [0.3, 0.4) is 0 Å². The van der Waals surface area contributed by atoms with Crippen LogP contribution in [0.15, 0.2) is 36.4 Å². The molecule has 0 saturated carbocycles. The molecule has 0 amide bonds. The molecule has 2 unspecified atom stereocenters. The number of hydrogen-bond acceptors (Lipinski definition) is 3. The van der Waals surface area contributed by atoms with Gasteiger partial charge in [-0.05, 0) is 44.2 Å². The maximum atomic E-state index is 13.7. The predicted molar refractivity (Wildman–Crippen MR) is 76.1 cm³/mol. The molecule has 5 heteroatoms. The number of aromatic hydroxyl groups is 2. The number of nitrogens with one attached hydrogen (secondary N) is 1. The van der Waals surface area contributed by atoms with Crippen molar-refractivity contribution in [3.63, 3.8) is 0 Å². The molecule has 0 saturated heterocycles. The molecule has 112 valence electrons. The molecular weight excluding hydrogens is 276 g/mol. The van der Waals surface area contributed by atoms with Crippen LogP contribution in [0.4, 0.5) is 8.78 Å². The summed E-state index contributed by atoms with van der Waals surface area (Å²) in [6.07, 6.45) is 0. The maximum absolute atomic E-state index is 13.7. The molecule has 2 aromatic rings. The lowest BCUT2D eigenvalue weighted by atomic mass is 10.0. The van der Waals surface area contributed by atoms with Crippen molar-refractivity contribution >= 4 is 0 Å². The second-order valence-electron chi connectivity index (χ2n) is 4.99. The second-order valence-corrected chi connectivity index (χ2v) is 4.99. The van der Waals surface area contributed by atoms with E-state index in [9.17, 15) is 19.0 Å². The summed E-state index contributed by atoms with van der Waals surface area (Å²) >= 11 is 0. The van der Waals surface area contributed by atoms with Crippen molar-refractivity contribution in [2.24, 2.45) is 0 Å². The van der Waals surface area contributed by atoms with Crippen molar-refractivity contribution in [3.8, 4) is 11.5 Å². The summed E-state index contributed by atoms with van der Waals surface area (Å²) in [5.41, 5.74) is 0.512. The van der Waals surface area contributed by atoms with Gasteiger partial charge in [-0.25, -0.2) is 8.78 Å². The highest BCUT2D eigenvalue weighted by Gasteiger charge is 2.19. The number of benzene rings is 2. The Labute approximate surface area is 121 Å². The summed E-state index contributed by atoms with van der Waals surface area (Å²) in [6, 6.07) is 6.77. The van der Waals surface area contributed by atoms with Gasteiger partial charge in [0, 0.05) is 17.6 Å². The van der Waals surface area contributed by atoms with E-state index in [2.05, 4.69) is 5.32 Å². The van der Waals surface area contributed by atoms with Crippen molar-refractivity contribution in [1.29, 1.82) is 0 Å². The van der Waals surface area contributed by atoms with Crippen LogP contribution in [-0.2, 0) is 0 Å². The highest BCUT2D eigenvalue weighted by Crippen LogP contribution is 2.33. The summed E-state index contributed by atoms with van der Waals surface area (Å²) in [5, 5.41) is 22.7. The summed E-state index contributed by atoms with van der Waals surface area (Å²) in [5.74, 6) is -1.13. The second kappa shape index (κ2) is 6.10. The molecule has 0 aliphatic heterocycles. The number of rotatable bonds is 4. The molecule has 0 aliphatic rings. The Kier molecular flexibility index (Phi) is 4.43. The van der Waals surface area contributed by atoms with Gasteiger partial charge in [-0.15, -0.1) is 0 Å². The van der Waals surface area contributed by atoms with Gasteiger partial charge in [0.25, 0.3) is 0 Å². The van der Waals surface area contributed by atoms with Crippen LogP contribution in [0.25, 0.3) is 0 Å². The van der Waals surface area contributed by atoms with E-state index >= 15 is 0 Å². The largest absolute Gasteiger partial charge is 0.507 e. The van der Waals surface area contributed by atoms with Crippen LogP contribution in [0, 0.1) is 11.6 Å². The topological polar surface area (TPSA) is 52.5 Å². The third kappa shape index (κ3) is 3.31. The van der Waals surface area contributed by atoms with E-state index in [-0.39, 0.29) is 17.1 Å². The molecule has 0 aromatic heterocycles. The molecule has 0 spiro atoms. The molecule has 3 nitrogen and oxygen atoms in total. The molecule has 0 fully saturated rings. The Morgan fingerprint density at radius 3 is 2.19 bits per heavy atom. The zero-order chi connectivity index (χ0) is 15.6. The fourth-order valence-electron chi connectivity index (χ4n) is 2.38. The molecule has 3 N–H and O–H groups in total. The first-order valence-electron chi connectivity index (χ1n) is 6.62. The quantitative estimate of drug-likeness (QED) is 0.804. The first kappa shape index (κ1) is 15.3. The van der Waals surface area contributed by atoms with E-state index in [1.807, 2.05) is 0 Å². The monoisotopic (exact) mass is 293 g/mol. The molecule has 2 aromatic carbocycles. The van der Waals surface area contributed by atoms with Gasteiger partial charge in [0.2, 0.25) is 0 Å². The average molecular weight is 293 g/mol. The van der Waals surface area contributed by atoms with Crippen molar-refractivity contribution in [3.05, 3.63) is 59.2 Å². The van der Waals surface area contributed by atoms with Crippen LogP contribution in [0.1, 0.15) is 37.1 Å². The van der Waals surface area contributed by atoms with Crippen molar-refractivity contribution in [1.82, 2.24) is 5.32 Å². The third-order valence-corrected chi connectivity index (χ3v) is 3.42. The minimum absolute atomic E-state index is 0.0538. The van der Waals surface area contributed by atoms with Gasteiger partial charge in [-0.2, -0.15) is 0 Å². The van der Waals surface area contributed by atoms with Gasteiger partial charge in [0.15, 0.2) is 0 Å². The Morgan fingerprint density at radius 1 is 0.952 bits per heavy atom. The molecule has 0 heterocycles. The summed E-state index contributed by atoms with van der Waals surface area (Å²) in [7, 11) is 0. The van der Waals surface area contributed by atoms with Crippen LogP contribution in [0.2, 0.25) is 0 Å². The van der Waals surface area contributed by atoms with Crippen molar-refractivity contribution in [2.45, 2.75) is 25.9 Å². The zero-order valence-electron chi connectivity index (χ0n) is 11.8. The highest BCUT2D eigenvalue weighted by molar-refractivity contribution is 5.45. The van der Waals surface area contributed by atoms with Gasteiger partial charge < -0.3 is 15.5 Å². The van der Waals surface area contributed by atoms with Gasteiger partial charge in [-0.3, -0.25) is 0 Å². The zero-order valence-corrected chi connectivity index (χ0v) is 11.8. The normalized spacial score (nSPS) is 13.9. The SMILES string of the molecule is CC(NC(C)c1c(O)cccc1O)c1cc(F)ccc1F. The predicted octanol–water partition coefficient (Wildman–Crippen LogP) is 3.79. The smallest absolute Gasteiger partial charge is 0.128 e. The summed E-state index contributed by atoms with van der Waals surface area (Å²) in [4.78, 5) is 0. The van der Waals surface area contributed by atoms with E-state index in [0.717, 1.165) is 18.2 Å². The van der Waals surface area contributed by atoms with Crippen molar-refractivity contribution < 1.29 is 19.0 Å². The Morgan fingerprint density at radius 2 is 1.57 bits per heavy atom. The molecule has 2 rings (SSSR count). The molecule has 0 bridgehead atoms. The van der Waals surface area contributed by atoms with Crippen LogP contribution >= 0.6 is 0 Å². The lowest BCUT2D eigenvalue weighted by Crippen LogP contribution is -2.23. The van der Waals surface area contributed by atoms with Gasteiger partial charge >= 0.3 is 0 Å². The lowest BCUT2D eigenvalue weighted by molar-refractivity contribution is 0.403. The first-order chi connectivity index (χ1) is 9.90. The minimum atomic E-state index is -0.516. The fraction of sp³-hybridized carbons (Fsp3) is 0.250. The van der Waals surface area contributed by atoms with Gasteiger partial charge in [-0.1, -0.05) is 6.07 Å². The van der Waals surface area contributed by atoms with E-state index in [4.69, 9.17) is 0 Å². The van der Waals surface area contributed by atoms with Crippen LogP contribution in [-0.4, -0.2) is 10.2 Å². The fourth-order valence-corrected chi connectivity index (χ4v) is 2.38. The standard InChI is InChI=1S/C16H17F2NO2/c1-9(12-8-11(17)6-7-13(12)18)19-10(2)16-14(20)4-3-5-15(16)21/h3-10,19-21H,1-2H3. The van der Waals surface area contributed by atoms with Crippen molar-refractivity contribution in [2.75, 3.05) is 0 Å². The highest BCUT2D eigenvalue weighted by atomic mass is 19.1. The molecule has 0 radical (unpaired) electrons. The Hall–Kier alpha value is -2.14. The van der Waals surface area contributed by atoms with Gasteiger partial charge in [0.05, 0.1) is 5.56 Å². The van der Waals surface area contributed by atoms with Crippen LogP contribution in [0.5, 0.6) is 11.5 Å². The van der Waals surface area contributed by atoms with E-state index in [1.54, 1.807) is 13.8 Å². The average Bonchev–Trinajstić information content (AvgIpc) is 2.41. The Bertz CT molecular complexity index is 626. The van der Waals surface area contributed by atoms with Crippen LogP contribution < -0.4 is 5.32 Å². The third-order valence-electron chi connectivity index (χ3n) is 3.42. The number of phenolic OH excluding ortho intramolecular Hbond substituents is 2. The van der Waals surface area contributed by atoms with Gasteiger partial charge in [0.1, 0.15) is 23.1 Å². The number of halogens is 2. The minimum Gasteiger partial charge on any atom is -0.507 e. The Balaban J connectivity index is 2.23. The van der Waals surface area contributed by atoms with E-state index in [0.29, 0.717) is 5.56 Å². The molecule has 2 atom stereocenters. The molecule has 0 aliphatic carbocycles. The lowest BCUT2D eigenvalue weighted by Gasteiger charge is -2.22. The van der Waals surface area contributed by atoms with E-state index in [1.165, 1.54) is 18.2 Å². The maximum Gasteiger partial charge on any atom is 0.128 e. The summed E-state index contributed by atoms with van der Waals surface area (Å²) in [6.45, 7) is 3.41.